The van der Waals surface area contributed by atoms with Crippen LogP contribution in [0.5, 0.6) is 5.75 Å². The van der Waals surface area contributed by atoms with E-state index in [9.17, 15) is 4.79 Å². The molecular formula is C15H24N2O2. The third-order valence-corrected chi connectivity index (χ3v) is 3.64. The maximum Gasteiger partial charge on any atom is 0.257 e. The number of para-hydroxylation sites is 1. The predicted molar refractivity (Wildman–Crippen MR) is 78.5 cm³/mol. The Morgan fingerprint density at radius 2 is 2.00 bits per heavy atom. The molecule has 0 aromatic heterocycles. The number of hydrogen-bond acceptors (Lipinski definition) is 3. The molecule has 0 aliphatic rings. The minimum atomic E-state index is -0.203. The molecule has 0 spiro atoms. The molecule has 0 aliphatic heterocycles. The number of carbonyl (C=O) groups is 1. The second kappa shape index (κ2) is 5.95. The van der Waals surface area contributed by atoms with Crippen molar-refractivity contribution in [1.29, 1.82) is 0 Å². The number of amides is 1. The van der Waals surface area contributed by atoms with Gasteiger partial charge in [0.2, 0.25) is 0 Å². The molecule has 0 atom stereocenters. The van der Waals surface area contributed by atoms with Crippen molar-refractivity contribution in [2.24, 2.45) is 0 Å². The van der Waals surface area contributed by atoms with Crippen molar-refractivity contribution in [2.75, 3.05) is 19.4 Å². The first-order valence-electron chi connectivity index (χ1n) is 6.64. The Kier molecular flexibility index (Phi) is 4.81. The number of anilines is 1. The molecule has 1 amide bonds. The van der Waals surface area contributed by atoms with Gasteiger partial charge in [0.25, 0.3) is 5.91 Å². The largest absolute Gasteiger partial charge is 0.491 e. The number of rotatable bonds is 5. The monoisotopic (exact) mass is 264 g/mol. The SMILES string of the molecule is CCOc1c(N)cccc1C(=O)N(C)C(C)(C)CC. The topological polar surface area (TPSA) is 55.6 Å². The van der Waals surface area contributed by atoms with E-state index in [2.05, 4.69) is 6.92 Å². The lowest BCUT2D eigenvalue weighted by molar-refractivity contribution is 0.0616. The number of hydrogen-bond donors (Lipinski definition) is 1. The van der Waals surface area contributed by atoms with Crippen LogP contribution in [0.2, 0.25) is 0 Å². The summed E-state index contributed by atoms with van der Waals surface area (Å²) in [5, 5.41) is 0. The average molecular weight is 264 g/mol. The van der Waals surface area contributed by atoms with Crippen LogP contribution in [0.15, 0.2) is 18.2 Å². The molecule has 1 aromatic rings. The van der Waals surface area contributed by atoms with E-state index >= 15 is 0 Å². The summed E-state index contributed by atoms with van der Waals surface area (Å²) >= 11 is 0. The molecule has 19 heavy (non-hydrogen) atoms. The Morgan fingerprint density at radius 3 is 2.53 bits per heavy atom. The maximum atomic E-state index is 12.6. The van der Waals surface area contributed by atoms with E-state index in [4.69, 9.17) is 10.5 Å². The summed E-state index contributed by atoms with van der Waals surface area (Å²) < 4.78 is 5.51. The molecule has 0 fully saturated rings. The van der Waals surface area contributed by atoms with Gasteiger partial charge in [-0.2, -0.15) is 0 Å². The van der Waals surface area contributed by atoms with Gasteiger partial charge in [0.15, 0.2) is 5.75 Å². The summed E-state index contributed by atoms with van der Waals surface area (Å²) in [7, 11) is 1.81. The summed E-state index contributed by atoms with van der Waals surface area (Å²) in [6, 6.07) is 5.27. The van der Waals surface area contributed by atoms with Gasteiger partial charge in [-0.1, -0.05) is 13.0 Å². The van der Waals surface area contributed by atoms with Gasteiger partial charge in [0.1, 0.15) is 0 Å². The van der Waals surface area contributed by atoms with Crippen LogP contribution in [-0.2, 0) is 0 Å². The highest BCUT2D eigenvalue weighted by molar-refractivity contribution is 5.98. The molecule has 0 saturated carbocycles. The molecule has 0 bridgehead atoms. The third kappa shape index (κ3) is 3.19. The normalized spacial score (nSPS) is 11.2. The van der Waals surface area contributed by atoms with E-state index in [1.165, 1.54) is 0 Å². The minimum Gasteiger partial charge on any atom is -0.491 e. The lowest BCUT2D eigenvalue weighted by atomic mass is 9.98. The van der Waals surface area contributed by atoms with Gasteiger partial charge in [-0.3, -0.25) is 4.79 Å². The summed E-state index contributed by atoms with van der Waals surface area (Å²) in [4.78, 5) is 14.3. The number of nitrogens with zero attached hydrogens (tertiary/aromatic N) is 1. The van der Waals surface area contributed by atoms with Gasteiger partial charge in [-0.05, 0) is 39.3 Å². The summed E-state index contributed by atoms with van der Waals surface area (Å²) in [6.07, 6.45) is 0.877. The van der Waals surface area contributed by atoms with Crippen LogP contribution in [0.4, 0.5) is 5.69 Å². The number of nitrogens with two attached hydrogens (primary N) is 1. The van der Waals surface area contributed by atoms with Gasteiger partial charge in [-0.25, -0.2) is 0 Å². The van der Waals surface area contributed by atoms with E-state index in [0.717, 1.165) is 6.42 Å². The number of ether oxygens (including phenoxy) is 1. The fourth-order valence-electron chi connectivity index (χ4n) is 1.72. The van der Waals surface area contributed by atoms with E-state index in [1.54, 1.807) is 23.1 Å². The molecule has 4 heteroatoms. The first-order chi connectivity index (χ1) is 8.85. The van der Waals surface area contributed by atoms with Crippen molar-refractivity contribution in [3.05, 3.63) is 23.8 Å². The molecule has 1 aromatic carbocycles. The lowest BCUT2D eigenvalue weighted by Gasteiger charge is -2.35. The zero-order valence-electron chi connectivity index (χ0n) is 12.5. The molecular weight excluding hydrogens is 240 g/mol. The van der Waals surface area contributed by atoms with Crippen molar-refractivity contribution >= 4 is 11.6 Å². The van der Waals surface area contributed by atoms with E-state index in [1.807, 2.05) is 27.8 Å². The van der Waals surface area contributed by atoms with Crippen LogP contribution >= 0.6 is 0 Å². The molecule has 0 radical (unpaired) electrons. The van der Waals surface area contributed by atoms with Crippen molar-refractivity contribution in [1.82, 2.24) is 4.90 Å². The summed E-state index contributed by atoms with van der Waals surface area (Å²) in [5.41, 5.74) is 6.70. The lowest BCUT2D eigenvalue weighted by Crippen LogP contribution is -2.44. The standard InChI is InChI=1S/C15H24N2O2/c1-6-15(3,4)17(5)14(18)11-9-8-10-12(16)13(11)19-7-2/h8-10H,6-7,16H2,1-5H3. The number of nitrogen functional groups attached to an aromatic ring is 1. The number of benzene rings is 1. The highest BCUT2D eigenvalue weighted by Gasteiger charge is 2.28. The van der Waals surface area contributed by atoms with Crippen LogP contribution in [0.25, 0.3) is 0 Å². The van der Waals surface area contributed by atoms with Crippen LogP contribution < -0.4 is 10.5 Å². The van der Waals surface area contributed by atoms with Crippen LogP contribution in [0.3, 0.4) is 0 Å². The Balaban J connectivity index is 3.16. The van der Waals surface area contributed by atoms with Gasteiger partial charge >= 0.3 is 0 Å². The Labute approximate surface area is 115 Å². The predicted octanol–water partition coefficient (Wildman–Crippen LogP) is 2.93. The fourth-order valence-corrected chi connectivity index (χ4v) is 1.72. The van der Waals surface area contributed by atoms with Crippen molar-refractivity contribution in [2.45, 2.75) is 39.7 Å². The van der Waals surface area contributed by atoms with Crippen LogP contribution in [0.1, 0.15) is 44.5 Å². The molecule has 0 aliphatic carbocycles. The second-order valence-electron chi connectivity index (χ2n) is 5.19. The maximum absolute atomic E-state index is 12.6. The van der Waals surface area contributed by atoms with E-state index in [0.29, 0.717) is 23.6 Å². The first kappa shape index (κ1) is 15.3. The van der Waals surface area contributed by atoms with Gasteiger partial charge in [0, 0.05) is 12.6 Å². The Hall–Kier alpha value is -1.71. The molecule has 0 heterocycles. The molecule has 2 N–H and O–H groups in total. The molecule has 0 saturated heterocycles. The van der Waals surface area contributed by atoms with Crippen LogP contribution in [-0.4, -0.2) is 30.0 Å². The zero-order chi connectivity index (χ0) is 14.6. The Bertz CT molecular complexity index is 455. The van der Waals surface area contributed by atoms with Crippen molar-refractivity contribution in [3.8, 4) is 5.75 Å². The van der Waals surface area contributed by atoms with E-state index < -0.39 is 0 Å². The van der Waals surface area contributed by atoms with Crippen molar-refractivity contribution < 1.29 is 9.53 Å². The number of carbonyl (C=O) groups excluding carboxylic acids is 1. The first-order valence-corrected chi connectivity index (χ1v) is 6.64. The van der Waals surface area contributed by atoms with Gasteiger partial charge in [-0.15, -0.1) is 0 Å². The third-order valence-electron chi connectivity index (χ3n) is 3.64. The van der Waals surface area contributed by atoms with Crippen molar-refractivity contribution in [3.63, 3.8) is 0 Å². The fraction of sp³-hybridized carbons (Fsp3) is 0.533. The molecule has 106 valence electrons. The second-order valence-corrected chi connectivity index (χ2v) is 5.19. The average Bonchev–Trinajstić information content (AvgIpc) is 2.39. The highest BCUT2D eigenvalue weighted by atomic mass is 16.5. The van der Waals surface area contributed by atoms with E-state index in [-0.39, 0.29) is 11.4 Å². The summed E-state index contributed by atoms with van der Waals surface area (Å²) in [6.45, 7) is 8.50. The highest BCUT2D eigenvalue weighted by Crippen LogP contribution is 2.29. The van der Waals surface area contributed by atoms with Crippen LogP contribution in [0, 0.1) is 0 Å². The smallest absolute Gasteiger partial charge is 0.257 e. The molecule has 4 nitrogen and oxygen atoms in total. The zero-order valence-corrected chi connectivity index (χ0v) is 12.5. The van der Waals surface area contributed by atoms with Gasteiger partial charge < -0.3 is 15.4 Å². The minimum absolute atomic E-state index is 0.0670. The molecule has 1 rings (SSSR count). The molecule has 0 unspecified atom stereocenters. The Morgan fingerprint density at radius 1 is 1.37 bits per heavy atom. The quantitative estimate of drug-likeness (QED) is 0.832. The summed E-state index contributed by atoms with van der Waals surface area (Å²) in [5.74, 6) is 0.413. The van der Waals surface area contributed by atoms with Gasteiger partial charge in [0.05, 0.1) is 17.9 Å².